The largest absolute Gasteiger partial charge is 0.368 e. The highest BCUT2D eigenvalue weighted by molar-refractivity contribution is 5.01. The van der Waals surface area contributed by atoms with Crippen LogP contribution < -0.4 is 0 Å². The number of aliphatic hydroxyl groups excluding tert-OH is 1. The number of aliphatic hydroxyl groups is 1. The van der Waals surface area contributed by atoms with Crippen molar-refractivity contribution in [1.29, 1.82) is 0 Å². The summed E-state index contributed by atoms with van der Waals surface area (Å²) in [5, 5.41) is 9.16. The van der Waals surface area contributed by atoms with Gasteiger partial charge in [0.15, 0.2) is 12.6 Å². The molecule has 2 aliphatic heterocycles. The Balaban J connectivity index is 1.55. The van der Waals surface area contributed by atoms with Crippen molar-refractivity contribution in [2.75, 3.05) is 13.2 Å². The van der Waals surface area contributed by atoms with Gasteiger partial charge in [-0.3, -0.25) is 0 Å². The summed E-state index contributed by atoms with van der Waals surface area (Å²) >= 11 is 0. The Bertz CT molecular complexity index is 275. The van der Waals surface area contributed by atoms with Crippen molar-refractivity contribution in [2.45, 2.75) is 57.2 Å². The van der Waals surface area contributed by atoms with Crippen LogP contribution in [0.5, 0.6) is 0 Å². The van der Waals surface area contributed by atoms with E-state index in [1.54, 1.807) is 0 Å². The highest BCUT2D eigenvalue weighted by Crippen LogP contribution is 2.19. The first-order chi connectivity index (χ1) is 8.34. The smallest absolute Gasteiger partial charge is 0.158 e. The SMILES string of the molecule is O[C@H]1CC[C@@H](CC#CCO[C@H]2CCCCO2)O1. The molecule has 96 valence electrons. The molecule has 2 rings (SSSR count). The Morgan fingerprint density at radius 3 is 2.82 bits per heavy atom. The van der Waals surface area contributed by atoms with Gasteiger partial charge in [-0.25, -0.2) is 0 Å². The molecule has 0 amide bonds. The maximum atomic E-state index is 9.16. The fourth-order valence-electron chi connectivity index (χ4n) is 2.05. The Labute approximate surface area is 102 Å². The molecule has 0 radical (unpaired) electrons. The quantitative estimate of drug-likeness (QED) is 0.758. The second kappa shape index (κ2) is 6.97. The van der Waals surface area contributed by atoms with Crippen LogP contribution >= 0.6 is 0 Å². The minimum atomic E-state index is -0.589. The first-order valence-electron chi connectivity index (χ1n) is 6.37. The molecule has 17 heavy (non-hydrogen) atoms. The Kier molecular flexibility index (Phi) is 5.27. The lowest BCUT2D eigenvalue weighted by Gasteiger charge is -2.21. The molecular weight excluding hydrogens is 220 g/mol. The van der Waals surface area contributed by atoms with Crippen LogP contribution in [-0.2, 0) is 14.2 Å². The summed E-state index contributed by atoms with van der Waals surface area (Å²) in [6.45, 7) is 1.21. The lowest BCUT2D eigenvalue weighted by atomic mass is 10.2. The highest BCUT2D eigenvalue weighted by Gasteiger charge is 2.21. The van der Waals surface area contributed by atoms with E-state index in [-0.39, 0.29) is 12.4 Å². The summed E-state index contributed by atoms with van der Waals surface area (Å²) in [6.07, 6.45) is 4.99. The Hall–Kier alpha value is -0.600. The summed E-state index contributed by atoms with van der Waals surface area (Å²) < 4.78 is 16.2. The summed E-state index contributed by atoms with van der Waals surface area (Å²) in [7, 11) is 0. The first kappa shape index (κ1) is 12.8. The molecule has 1 N–H and O–H groups in total. The van der Waals surface area contributed by atoms with Gasteiger partial charge < -0.3 is 19.3 Å². The van der Waals surface area contributed by atoms with Crippen molar-refractivity contribution in [3.63, 3.8) is 0 Å². The highest BCUT2D eigenvalue weighted by atomic mass is 16.7. The average molecular weight is 240 g/mol. The van der Waals surface area contributed by atoms with Crippen molar-refractivity contribution in [2.24, 2.45) is 0 Å². The van der Waals surface area contributed by atoms with E-state index in [0.29, 0.717) is 13.0 Å². The minimum Gasteiger partial charge on any atom is -0.368 e. The molecule has 0 saturated carbocycles. The molecule has 2 aliphatic rings. The summed E-state index contributed by atoms with van der Waals surface area (Å²) in [4.78, 5) is 0. The van der Waals surface area contributed by atoms with Crippen LogP contribution in [0.2, 0.25) is 0 Å². The van der Waals surface area contributed by atoms with Crippen molar-refractivity contribution in [3.8, 4) is 11.8 Å². The van der Waals surface area contributed by atoms with E-state index in [4.69, 9.17) is 19.3 Å². The van der Waals surface area contributed by atoms with E-state index >= 15 is 0 Å². The zero-order valence-corrected chi connectivity index (χ0v) is 10.1. The van der Waals surface area contributed by atoms with Crippen LogP contribution in [0.1, 0.15) is 38.5 Å². The Morgan fingerprint density at radius 1 is 1.18 bits per heavy atom. The third kappa shape index (κ3) is 4.64. The number of ether oxygens (including phenoxy) is 3. The van der Waals surface area contributed by atoms with Gasteiger partial charge in [-0.05, 0) is 25.7 Å². The zero-order chi connectivity index (χ0) is 11.9. The van der Waals surface area contributed by atoms with Crippen LogP contribution in [0, 0.1) is 11.8 Å². The third-order valence-corrected chi connectivity index (χ3v) is 3.02. The van der Waals surface area contributed by atoms with E-state index in [0.717, 1.165) is 32.3 Å². The third-order valence-electron chi connectivity index (χ3n) is 3.02. The second-order valence-electron chi connectivity index (χ2n) is 4.45. The minimum absolute atomic E-state index is 0.0670. The fourth-order valence-corrected chi connectivity index (χ4v) is 2.05. The van der Waals surface area contributed by atoms with Crippen molar-refractivity contribution < 1.29 is 19.3 Å². The molecule has 0 aromatic rings. The molecular formula is C13H20O4. The molecule has 0 aromatic heterocycles. The maximum Gasteiger partial charge on any atom is 0.158 e. The van der Waals surface area contributed by atoms with Gasteiger partial charge in [0.2, 0.25) is 0 Å². The number of hydrogen-bond donors (Lipinski definition) is 1. The molecule has 0 spiro atoms. The predicted molar refractivity (Wildman–Crippen MR) is 62.0 cm³/mol. The predicted octanol–water partition coefficient (Wildman–Crippen LogP) is 1.42. The van der Waals surface area contributed by atoms with Crippen LogP contribution in [0.4, 0.5) is 0 Å². The van der Waals surface area contributed by atoms with Crippen LogP contribution in [0.25, 0.3) is 0 Å². The molecule has 0 unspecified atom stereocenters. The van der Waals surface area contributed by atoms with Crippen LogP contribution in [-0.4, -0.2) is 37.0 Å². The van der Waals surface area contributed by atoms with Gasteiger partial charge >= 0.3 is 0 Å². The summed E-state index contributed by atoms with van der Waals surface area (Å²) in [6, 6.07) is 0. The van der Waals surface area contributed by atoms with Crippen molar-refractivity contribution in [3.05, 3.63) is 0 Å². The molecule has 0 bridgehead atoms. The monoisotopic (exact) mass is 240 g/mol. The molecule has 0 aliphatic carbocycles. The number of hydrogen-bond acceptors (Lipinski definition) is 4. The standard InChI is InChI=1S/C13H20O4/c14-12-8-7-11(17-12)5-1-3-9-15-13-6-2-4-10-16-13/h11-14H,2,4-10H2/t11-,12-,13-/m1/s1. The Morgan fingerprint density at radius 2 is 2.12 bits per heavy atom. The van der Waals surface area contributed by atoms with Gasteiger partial charge in [-0.15, -0.1) is 0 Å². The van der Waals surface area contributed by atoms with Crippen LogP contribution in [0.3, 0.4) is 0 Å². The molecule has 2 saturated heterocycles. The van der Waals surface area contributed by atoms with E-state index in [2.05, 4.69) is 11.8 Å². The molecule has 2 fully saturated rings. The van der Waals surface area contributed by atoms with E-state index in [1.165, 1.54) is 6.42 Å². The zero-order valence-electron chi connectivity index (χ0n) is 10.1. The van der Waals surface area contributed by atoms with E-state index in [1.807, 2.05) is 0 Å². The molecule has 0 aromatic carbocycles. The molecule has 3 atom stereocenters. The number of rotatable bonds is 3. The van der Waals surface area contributed by atoms with Gasteiger partial charge in [0, 0.05) is 19.4 Å². The maximum absolute atomic E-state index is 9.16. The summed E-state index contributed by atoms with van der Waals surface area (Å²) in [5.74, 6) is 5.98. The molecule has 4 heteroatoms. The molecule has 4 nitrogen and oxygen atoms in total. The van der Waals surface area contributed by atoms with Gasteiger partial charge in [-0.1, -0.05) is 11.8 Å². The van der Waals surface area contributed by atoms with Crippen molar-refractivity contribution >= 4 is 0 Å². The van der Waals surface area contributed by atoms with Crippen molar-refractivity contribution in [1.82, 2.24) is 0 Å². The van der Waals surface area contributed by atoms with E-state index in [9.17, 15) is 0 Å². The molecule has 2 heterocycles. The second-order valence-corrected chi connectivity index (χ2v) is 4.45. The van der Waals surface area contributed by atoms with Gasteiger partial charge in [0.25, 0.3) is 0 Å². The fraction of sp³-hybridized carbons (Fsp3) is 0.846. The topological polar surface area (TPSA) is 47.9 Å². The van der Waals surface area contributed by atoms with Gasteiger partial charge in [0.1, 0.15) is 6.61 Å². The lowest BCUT2D eigenvalue weighted by Crippen LogP contribution is -2.22. The normalized spacial score (nSPS) is 33.1. The average Bonchev–Trinajstić information content (AvgIpc) is 2.76. The lowest BCUT2D eigenvalue weighted by molar-refractivity contribution is -0.154. The van der Waals surface area contributed by atoms with Gasteiger partial charge in [-0.2, -0.15) is 0 Å². The summed E-state index contributed by atoms with van der Waals surface area (Å²) in [5.41, 5.74) is 0. The van der Waals surface area contributed by atoms with Crippen LogP contribution in [0.15, 0.2) is 0 Å². The van der Waals surface area contributed by atoms with E-state index < -0.39 is 6.29 Å². The first-order valence-corrected chi connectivity index (χ1v) is 6.37. The van der Waals surface area contributed by atoms with Gasteiger partial charge in [0.05, 0.1) is 6.10 Å².